The highest BCUT2D eigenvalue weighted by atomic mass is 32.2. The van der Waals surface area contributed by atoms with E-state index in [9.17, 15) is 18.4 Å². The quantitative estimate of drug-likeness (QED) is 0.286. The van der Waals surface area contributed by atoms with Crippen molar-refractivity contribution in [2.75, 3.05) is 6.61 Å². The Hall–Kier alpha value is -2.61. The molecular formula is C24H29F2NO4S. The van der Waals surface area contributed by atoms with E-state index in [0.717, 1.165) is 6.42 Å². The Bertz CT molecular complexity index is 912. The van der Waals surface area contributed by atoms with Crippen LogP contribution >= 0.6 is 11.8 Å². The van der Waals surface area contributed by atoms with Crippen molar-refractivity contribution in [1.82, 2.24) is 4.90 Å². The van der Waals surface area contributed by atoms with Gasteiger partial charge in [-0.05, 0) is 63.4 Å². The van der Waals surface area contributed by atoms with Crippen LogP contribution < -0.4 is 4.74 Å². The van der Waals surface area contributed by atoms with Crippen LogP contribution in [0.5, 0.6) is 5.75 Å². The fourth-order valence-electron chi connectivity index (χ4n) is 2.98. The number of para-hydroxylation sites is 1. The summed E-state index contributed by atoms with van der Waals surface area (Å²) >= 11 is 0.412. The van der Waals surface area contributed by atoms with Gasteiger partial charge in [-0.2, -0.15) is 8.78 Å². The van der Waals surface area contributed by atoms with Crippen LogP contribution in [0.3, 0.4) is 0 Å². The lowest BCUT2D eigenvalue weighted by molar-refractivity contribution is -0.137. The number of halogens is 2. The van der Waals surface area contributed by atoms with E-state index in [1.165, 1.54) is 29.2 Å². The smallest absolute Gasteiger partial charge is 0.303 e. The van der Waals surface area contributed by atoms with Crippen LogP contribution in [0, 0.1) is 0 Å². The molecule has 0 fully saturated rings. The third-order valence-corrected chi connectivity index (χ3v) is 5.33. The van der Waals surface area contributed by atoms with Gasteiger partial charge in [-0.15, -0.1) is 0 Å². The number of hydrogen-bond acceptors (Lipinski definition) is 4. The number of carbonyl (C=O) groups excluding carboxylic acids is 1. The number of thioether (sulfide) groups is 1. The normalized spacial score (nSPS) is 12.5. The average molecular weight is 467 g/mol. The monoisotopic (exact) mass is 466 g/mol. The zero-order chi connectivity index (χ0) is 24.4. The first kappa shape index (κ1) is 24.0. The maximum absolute atomic E-state index is 13.2. The van der Waals surface area contributed by atoms with E-state index >= 15 is 0 Å². The second kappa shape index (κ2) is 13.1. The first-order chi connectivity index (χ1) is 15.7. The summed E-state index contributed by atoms with van der Waals surface area (Å²) in [6.07, 6.45) is 2.10. The molecule has 1 atom stereocenters. The molecule has 0 spiro atoms. The highest BCUT2D eigenvalue weighted by molar-refractivity contribution is 7.99. The van der Waals surface area contributed by atoms with Crippen molar-refractivity contribution in [2.45, 2.75) is 62.7 Å². The van der Waals surface area contributed by atoms with Crippen molar-refractivity contribution < 1.29 is 29.6 Å². The van der Waals surface area contributed by atoms with Gasteiger partial charge in [0.05, 0.1) is 7.98 Å². The number of carboxylic acids is 1. The number of carboxylic acid groups (broad SMARTS) is 1. The summed E-state index contributed by atoms with van der Waals surface area (Å²) in [6, 6.07) is 12.7. The molecular weight excluding hydrogens is 436 g/mol. The summed E-state index contributed by atoms with van der Waals surface area (Å²) < 4.78 is 39.8. The second-order valence-electron chi connectivity index (χ2n) is 7.43. The molecule has 0 saturated heterocycles. The van der Waals surface area contributed by atoms with Crippen LogP contribution in [0.2, 0.25) is 0 Å². The number of nitrogens with zero attached hydrogens (tertiary/aromatic N) is 1. The van der Waals surface area contributed by atoms with E-state index < -0.39 is 18.2 Å². The minimum absolute atomic E-state index is 0.124. The maximum atomic E-state index is 13.2. The summed E-state index contributed by atoms with van der Waals surface area (Å²) in [5.41, 5.74) is 0.853. The molecule has 0 aromatic heterocycles. The number of aliphatic carboxylic acids is 1. The van der Waals surface area contributed by atoms with Gasteiger partial charge in [-0.3, -0.25) is 9.59 Å². The van der Waals surface area contributed by atoms with Gasteiger partial charge in [0, 0.05) is 35.0 Å². The van der Waals surface area contributed by atoms with E-state index in [4.69, 9.17) is 11.2 Å². The number of unbranched alkanes of at least 4 members (excludes halogenated alkanes) is 2. The molecule has 174 valence electrons. The SMILES string of the molecule is [2H]C(c1ccccc1OCCCCCC(=O)O)N(C(=O)c1ccc(SC(F)F)cc1)C(C)C. The van der Waals surface area contributed by atoms with E-state index in [0.29, 0.717) is 53.0 Å². The molecule has 0 aliphatic heterocycles. The van der Waals surface area contributed by atoms with E-state index in [2.05, 4.69) is 0 Å². The molecule has 1 N–H and O–H groups in total. The fraction of sp³-hybridized carbons (Fsp3) is 0.417. The number of benzene rings is 2. The molecule has 8 heteroatoms. The van der Waals surface area contributed by atoms with E-state index in [-0.39, 0.29) is 18.4 Å². The maximum Gasteiger partial charge on any atom is 0.303 e. The minimum atomic E-state index is -2.54. The Morgan fingerprint density at radius 1 is 1.09 bits per heavy atom. The van der Waals surface area contributed by atoms with Crippen LogP contribution in [0.1, 0.15) is 56.8 Å². The van der Waals surface area contributed by atoms with Gasteiger partial charge in [0.15, 0.2) is 0 Å². The van der Waals surface area contributed by atoms with Crippen molar-refractivity contribution in [2.24, 2.45) is 0 Å². The zero-order valence-corrected chi connectivity index (χ0v) is 19.0. The number of rotatable bonds is 13. The van der Waals surface area contributed by atoms with Crippen molar-refractivity contribution in [3.63, 3.8) is 0 Å². The van der Waals surface area contributed by atoms with Crippen LogP contribution in [0.15, 0.2) is 53.4 Å². The number of hydrogen-bond donors (Lipinski definition) is 1. The molecule has 2 aromatic carbocycles. The molecule has 0 heterocycles. The molecule has 1 unspecified atom stereocenters. The largest absolute Gasteiger partial charge is 0.493 e. The van der Waals surface area contributed by atoms with E-state index in [1.54, 1.807) is 24.3 Å². The van der Waals surface area contributed by atoms with Crippen LogP contribution in [0.25, 0.3) is 0 Å². The van der Waals surface area contributed by atoms with Gasteiger partial charge in [-0.1, -0.05) is 30.0 Å². The van der Waals surface area contributed by atoms with Crippen molar-refractivity contribution in [1.29, 1.82) is 0 Å². The van der Waals surface area contributed by atoms with E-state index in [1.807, 2.05) is 13.8 Å². The molecule has 5 nitrogen and oxygen atoms in total. The van der Waals surface area contributed by atoms with Crippen LogP contribution in [-0.4, -0.2) is 40.3 Å². The summed E-state index contributed by atoms with van der Waals surface area (Å²) in [4.78, 5) is 25.6. The van der Waals surface area contributed by atoms with Gasteiger partial charge >= 0.3 is 5.97 Å². The molecule has 2 rings (SSSR count). The third kappa shape index (κ3) is 8.49. The Morgan fingerprint density at radius 3 is 2.41 bits per heavy atom. The topological polar surface area (TPSA) is 66.8 Å². The molecule has 0 aliphatic rings. The molecule has 0 saturated carbocycles. The first-order valence-electron chi connectivity index (χ1n) is 11.0. The number of alkyl halides is 2. The predicted octanol–water partition coefficient (Wildman–Crippen LogP) is 6.08. The second-order valence-corrected chi connectivity index (χ2v) is 8.49. The minimum Gasteiger partial charge on any atom is -0.493 e. The number of ether oxygens (including phenoxy) is 1. The van der Waals surface area contributed by atoms with Gasteiger partial charge in [0.25, 0.3) is 11.7 Å². The average Bonchev–Trinajstić information content (AvgIpc) is 2.76. The summed E-state index contributed by atoms with van der Waals surface area (Å²) in [5.74, 6) is -3.23. The summed E-state index contributed by atoms with van der Waals surface area (Å²) in [5, 5.41) is 8.70. The standard InChI is InChI=1S/C24H29F2NO4S/c1-17(2)27(23(30)18-11-13-20(14-12-18)32-24(25)26)16-19-8-5-6-9-21(19)31-15-7-3-4-10-22(28)29/h5-6,8-9,11-14,17,24H,3-4,7,10,15-16H2,1-2H3,(H,28,29)/i16D. The zero-order valence-electron chi connectivity index (χ0n) is 19.2. The van der Waals surface area contributed by atoms with Crippen molar-refractivity contribution >= 4 is 23.6 Å². The fourth-order valence-corrected chi connectivity index (χ4v) is 3.47. The lowest BCUT2D eigenvalue weighted by Gasteiger charge is -2.28. The van der Waals surface area contributed by atoms with Gasteiger partial charge < -0.3 is 14.7 Å². The number of carbonyl (C=O) groups is 2. The molecule has 32 heavy (non-hydrogen) atoms. The summed E-state index contributed by atoms with van der Waals surface area (Å²) in [6.45, 7) is 2.97. The Balaban J connectivity index is 2.11. The predicted molar refractivity (Wildman–Crippen MR) is 121 cm³/mol. The Labute approximate surface area is 193 Å². The molecule has 0 radical (unpaired) electrons. The van der Waals surface area contributed by atoms with Crippen LogP contribution in [0.4, 0.5) is 8.78 Å². The lowest BCUT2D eigenvalue weighted by atomic mass is 10.1. The number of amides is 1. The lowest BCUT2D eigenvalue weighted by Crippen LogP contribution is -2.36. The summed E-state index contributed by atoms with van der Waals surface area (Å²) in [7, 11) is 0. The Kier molecular flexibility index (Phi) is 9.81. The molecule has 1 amide bonds. The molecule has 0 aliphatic carbocycles. The van der Waals surface area contributed by atoms with Crippen LogP contribution in [-0.2, 0) is 11.3 Å². The Morgan fingerprint density at radius 2 is 1.78 bits per heavy atom. The van der Waals surface area contributed by atoms with Gasteiger partial charge in [0.1, 0.15) is 5.75 Å². The van der Waals surface area contributed by atoms with Crippen molar-refractivity contribution in [3.05, 3.63) is 59.7 Å². The highest BCUT2D eigenvalue weighted by Crippen LogP contribution is 2.26. The first-order valence-corrected chi connectivity index (χ1v) is 11.3. The third-order valence-electron chi connectivity index (χ3n) is 4.61. The molecule has 0 bridgehead atoms. The highest BCUT2D eigenvalue weighted by Gasteiger charge is 2.21. The van der Waals surface area contributed by atoms with Gasteiger partial charge in [-0.25, -0.2) is 0 Å². The van der Waals surface area contributed by atoms with Gasteiger partial charge in [0.2, 0.25) is 0 Å². The molecule has 2 aromatic rings. The van der Waals surface area contributed by atoms with Crippen molar-refractivity contribution in [3.8, 4) is 5.75 Å².